The molecule has 33 heavy (non-hydrogen) atoms. The van der Waals surface area contributed by atoms with E-state index < -0.39 is 11.9 Å². The Bertz CT molecular complexity index is 1350. The fourth-order valence-electron chi connectivity index (χ4n) is 3.95. The highest BCUT2D eigenvalue weighted by Gasteiger charge is 2.30. The second-order valence-corrected chi connectivity index (χ2v) is 8.80. The lowest BCUT2D eigenvalue weighted by atomic mass is 10.1. The molecule has 1 saturated heterocycles. The van der Waals surface area contributed by atoms with Crippen molar-refractivity contribution in [1.29, 1.82) is 0 Å². The highest BCUT2D eigenvalue weighted by Crippen LogP contribution is 2.25. The van der Waals surface area contributed by atoms with E-state index >= 15 is 0 Å². The Morgan fingerprint density at radius 1 is 1.09 bits per heavy atom. The molecule has 1 aromatic heterocycles. The maximum absolute atomic E-state index is 13.1. The van der Waals surface area contributed by atoms with Crippen LogP contribution in [0.4, 0.5) is 5.69 Å². The molecule has 2 heterocycles. The fourth-order valence-corrected chi connectivity index (χ4v) is 5.16. The molecule has 4 rings (SSSR count). The van der Waals surface area contributed by atoms with Gasteiger partial charge in [-0.15, -0.1) is 0 Å². The van der Waals surface area contributed by atoms with Crippen LogP contribution >= 0.6 is 11.3 Å². The van der Waals surface area contributed by atoms with Gasteiger partial charge >= 0.3 is 5.97 Å². The van der Waals surface area contributed by atoms with Crippen molar-refractivity contribution in [3.63, 3.8) is 0 Å². The van der Waals surface area contributed by atoms with Crippen molar-refractivity contribution in [1.82, 2.24) is 4.57 Å². The molecule has 0 bridgehead atoms. The van der Waals surface area contributed by atoms with E-state index in [0.29, 0.717) is 10.5 Å². The van der Waals surface area contributed by atoms with Gasteiger partial charge in [-0.25, -0.2) is 0 Å². The molecule has 170 valence electrons. The summed E-state index contributed by atoms with van der Waals surface area (Å²) in [5, 5.41) is 0. The number of carbonyl (C=O) groups is 4. The summed E-state index contributed by atoms with van der Waals surface area (Å²) in [6.45, 7) is 5.85. The molecule has 0 unspecified atom stereocenters. The minimum atomic E-state index is -0.533. The number of amides is 3. The number of fused-ring (bicyclic) bond motifs is 1. The van der Waals surface area contributed by atoms with E-state index in [0.717, 1.165) is 26.2 Å². The summed E-state index contributed by atoms with van der Waals surface area (Å²) < 4.78 is 7.72. The number of aromatic nitrogens is 1. The number of esters is 1. The van der Waals surface area contributed by atoms with E-state index in [-0.39, 0.29) is 43.4 Å². The van der Waals surface area contributed by atoms with Gasteiger partial charge in [0, 0.05) is 18.4 Å². The topological polar surface area (TPSA) is 98.0 Å². The van der Waals surface area contributed by atoms with Crippen LogP contribution in [0.2, 0.25) is 0 Å². The van der Waals surface area contributed by atoms with Gasteiger partial charge in [0.2, 0.25) is 11.8 Å². The Morgan fingerprint density at radius 3 is 2.52 bits per heavy atom. The zero-order chi connectivity index (χ0) is 23.7. The summed E-state index contributed by atoms with van der Waals surface area (Å²) in [6.07, 6.45) is 0.325. The molecule has 0 radical (unpaired) electrons. The van der Waals surface area contributed by atoms with Crippen molar-refractivity contribution < 1.29 is 23.9 Å². The van der Waals surface area contributed by atoms with Crippen LogP contribution in [0.15, 0.2) is 41.4 Å². The Kier molecular flexibility index (Phi) is 6.24. The van der Waals surface area contributed by atoms with Gasteiger partial charge in [-0.05, 0) is 56.2 Å². The van der Waals surface area contributed by atoms with E-state index in [4.69, 9.17) is 4.74 Å². The minimum absolute atomic E-state index is 0.0688. The van der Waals surface area contributed by atoms with E-state index in [9.17, 15) is 19.2 Å². The molecule has 1 aliphatic rings. The maximum atomic E-state index is 13.1. The minimum Gasteiger partial charge on any atom is -0.465 e. The molecule has 1 fully saturated rings. The summed E-state index contributed by atoms with van der Waals surface area (Å²) in [6, 6.07) is 10.3. The number of anilines is 1. The Morgan fingerprint density at radius 2 is 1.82 bits per heavy atom. The molecule has 3 aromatic rings. The number of rotatable bonds is 5. The summed E-state index contributed by atoms with van der Waals surface area (Å²) in [7, 11) is 0. The summed E-state index contributed by atoms with van der Waals surface area (Å²) >= 11 is 1.31. The lowest BCUT2D eigenvalue weighted by molar-refractivity contribution is -0.143. The maximum Gasteiger partial charge on any atom is 0.326 e. The molecule has 1 aliphatic heterocycles. The largest absolute Gasteiger partial charge is 0.465 e. The van der Waals surface area contributed by atoms with Crippen LogP contribution in [0.5, 0.6) is 0 Å². The van der Waals surface area contributed by atoms with Gasteiger partial charge in [-0.2, -0.15) is 4.99 Å². The van der Waals surface area contributed by atoms with Crippen molar-refractivity contribution in [2.45, 2.75) is 40.2 Å². The summed E-state index contributed by atoms with van der Waals surface area (Å²) in [5.74, 6) is -1.53. The number of ether oxygens (including phenoxy) is 1. The monoisotopic (exact) mass is 465 g/mol. The van der Waals surface area contributed by atoms with Crippen molar-refractivity contribution in [3.05, 3.63) is 57.9 Å². The van der Waals surface area contributed by atoms with Gasteiger partial charge in [-0.3, -0.25) is 24.1 Å². The van der Waals surface area contributed by atoms with Crippen molar-refractivity contribution in [2.24, 2.45) is 4.99 Å². The lowest BCUT2D eigenvalue weighted by Gasteiger charge is -2.14. The van der Waals surface area contributed by atoms with Crippen LogP contribution in [0, 0.1) is 13.8 Å². The molecule has 0 N–H and O–H groups in total. The van der Waals surface area contributed by atoms with Gasteiger partial charge in [-0.1, -0.05) is 23.5 Å². The van der Waals surface area contributed by atoms with Gasteiger partial charge in [0.15, 0.2) is 4.80 Å². The predicted molar refractivity (Wildman–Crippen MR) is 124 cm³/mol. The molecular formula is C24H23N3O5S. The SMILES string of the molecule is CCOC(=O)Cn1c(=NC(=O)c2cccc(N3C(=O)CCC3=O)c2)sc2cc(C)cc(C)c21. The van der Waals surface area contributed by atoms with Crippen LogP contribution < -0.4 is 9.70 Å². The highest BCUT2D eigenvalue weighted by molar-refractivity contribution is 7.16. The molecule has 0 spiro atoms. The molecule has 0 atom stereocenters. The van der Waals surface area contributed by atoms with Crippen molar-refractivity contribution in [3.8, 4) is 0 Å². The lowest BCUT2D eigenvalue weighted by Crippen LogP contribution is -2.28. The standard InChI is InChI=1S/C24H23N3O5S/c1-4-32-21(30)13-26-22-15(3)10-14(2)11-18(22)33-24(26)25-23(31)16-6-5-7-17(12-16)27-19(28)8-9-20(27)29/h5-7,10-12H,4,8-9,13H2,1-3H3. The van der Waals surface area contributed by atoms with E-state index in [1.165, 1.54) is 17.4 Å². The number of imide groups is 1. The van der Waals surface area contributed by atoms with Crippen molar-refractivity contribution >= 4 is 50.9 Å². The first-order valence-corrected chi connectivity index (χ1v) is 11.4. The molecular weight excluding hydrogens is 442 g/mol. The first-order valence-electron chi connectivity index (χ1n) is 10.6. The van der Waals surface area contributed by atoms with Gasteiger partial charge in [0.1, 0.15) is 6.54 Å². The van der Waals surface area contributed by atoms with Gasteiger partial charge in [0.25, 0.3) is 5.91 Å². The number of hydrogen-bond donors (Lipinski definition) is 0. The number of aryl methyl sites for hydroxylation is 2. The zero-order valence-corrected chi connectivity index (χ0v) is 19.4. The third-order valence-electron chi connectivity index (χ3n) is 5.30. The second kappa shape index (κ2) is 9.11. The van der Waals surface area contributed by atoms with Gasteiger partial charge < -0.3 is 9.30 Å². The molecule has 9 heteroatoms. The third-order valence-corrected chi connectivity index (χ3v) is 6.33. The first-order chi connectivity index (χ1) is 15.8. The first kappa shape index (κ1) is 22.6. The average molecular weight is 466 g/mol. The van der Waals surface area contributed by atoms with Crippen LogP contribution in [0.1, 0.15) is 41.3 Å². The smallest absolute Gasteiger partial charge is 0.326 e. The molecule has 0 saturated carbocycles. The average Bonchev–Trinajstić information content (AvgIpc) is 3.27. The zero-order valence-electron chi connectivity index (χ0n) is 18.6. The second-order valence-electron chi connectivity index (χ2n) is 7.79. The number of benzene rings is 2. The van der Waals surface area contributed by atoms with E-state index in [1.807, 2.05) is 26.0 Å². The van der Waals surface area contributed by atoms with E-state index in [1.54, 1.807) is 29.7 Å². The molecule has 3 amide bonds. The Labute approximate surface area is 194 Å². The third kappa shape index (κ3) is 4.49. The summed E-state index contributed by atoms with van der Waals surface area (Å²) in [4.78, 5) is 55.2. The number of nitrogens with zero attached hydrogens (tertiary/aromatic N) is 3. The van der Waals surface area contributed by atoms with E-state index in [2.05, 4.69) is 4.99 Å². The van der Waals surface area contributed by atoms with Crippen LogP contribution in [0.3, 0.4) is 0 Å². The predicted octanol–water partition coefficient (Wildman–Crippen LogP) is 3.28. The molecule has 2 aromatic carbocycles. The Balaban J connectivity index is 1.78. The summed E-state index contributed by atoms with van der Waals surface area (Å²) in [5.41, 5.74) is 3.45. The van der Waals surface area contributed by atoms with Crippen LogP contribution in [0.25, 0.3) is 10.2 Å². The fraction of sp³-hybridized carbons (Fsp3) is 0.292. The van der Waals surface area contributed by atoms with Crippen molar-refractivity contribution in [2.75, 3.05) is 11.5 Å². The van der Waals surface area contributed by atoms with Crippen LogP contribution in [-0.4, -0.2) is 34.9 Å². The van der Waals surface area contributed by atoms with Gasteiger partial charge in [0.05, 0.1) is 22.5 Å². The molecule has 8 nitrogen and oxygen atoms in total. The number of hydrogen-bond acceptors (Lipinski definition) is 6. The molecule has 0 aliphatic carbocycles. The quantitative estimate of drug-likeness (QED) is 0.425. The number of thiazole rings is 1. The normalized spacial score (nSPS) is 14.4. The van der Waals surface area contributed by atoms with Crippen LogP contribution in [-0.2, 0) is 25.7 Å². The Hall–Kier alpha value is -3.59. The highest BCUT2D eigenvalue weighted by atomic mass is 32.1. The number of carbonyl (C=O) groups excluding carboxylic acids is 4.